The van der Waals surface area contributed by atoms with E-state index >= 15 is 0 Å². The van der Waals surface area contributed by atoms with E-state index < -0.39 is 5.92 Å². The fourth-order valence-corrected chi connectivity index (χ4v) is 4.02. The number of allylic oxidation sites excluding steroid dienone is 1. The van der Waals surface area contributed by atoms with Crippen molar-refractivity contribution in [2.24, 2.45) is 0 Å². The molecule has 0 amide bonds. The Balaban J connectivity index is 1.57. The molecule has 0 spiro atoms. The Morgan fingerprint density at radius 1 is 1.19 bits per heavy atom. The van der Waals surface area contributed by atoms with Crippen LogP contribution in [0, 0.1) is 0 Å². The number of nitrogens with zero attached hydrogens (tertiary/aromatic N) is 3. The number of alkyl halides is 2. The minimum absolute atomic E-state index is 0.00802. The highest BCUT2D eigenvalue weighted by atomic mass is 32.1. The van der Waals surface area contributed by atoms with Crippen molar-refractivity contribution < 1.29 is 8.78 Å². The summed E-state index contributed by atoms with van der Waals surface area (Å²) in [6.07, 6.45) is 3.14. The van der Waals surface area contributed by atoms with Gasteiger partial charge in [-0.15, -0.1) is 11.3 Å². The van der Waals surface area contributed by atoms with Gasteiger partial charge in [0.15, 0.2) is 10.8 Å². The molecule has 7 heteroatoms. The van der Waals surface area contributed by atoms with Crippen LogP contribution in [0.15, 0.2) is 18.0 Å². The second-order valence-corrected chi connectivity index (χ2v) is 8.23. The van der Waals surface area contributed by atoms with Crippen LogP contribution >= 0.6 is 11.3 Å². The third-order valence-corrected chi connectivity index (χ3v) is 5.80. The number of anilines is 1. The molecule has 0 atom stereocenters. The molecule has 2 saturated carbocycles. The quantitative estimate of drug-likeness (QED) is 0.748. The van der Waals surface area contributed by atoms with E-state index in [4.69, 9.17) is 0 Å². The van der Waals surface area contributed by atoms with Crippen molar-refractivity contribution in [2.45, 2.75) is 63.3 Å². The highest BCUT2D eigenvalue weighted by Crippen LogP contribution is 2.41. The minimum Gasteiger partial charge on any atom is -0.367 e. The summed E-state index contributed by atoms with van der Waals surface area (Å²) >= 11 is 1.55. The number of rotatable bonds is 5. The number of hydrogen-bond donors (Lipinski definition) is 1. The maximum Gasteiger partial charge on any atom is 0.248 e. The Morgan fingerprint density at radius 3 is 2.58 bits per heavy atom. The summed E-state index contributed by atoms with van der Waals surface area (Å²) in [4.78, 5) is 13.9. The molecule has 0 saturated heterocycles. The molecule has 4 nitrogen and oxygen atoms in total. The first-order valence-electron chi connectivity index (χ1n) is 9.05. The van der Waals surface area contributed by atoms with Crippen LogP contribution in [0.3, 0.4) is 0 Å². The molecule has 0 aliphatic heterocycles. The topological polar surface area (TPSA) is 50.7 Å². The SMILES string of the molecule is C=C(C)c1cc(NC2CCC(F)(F)CC2)nc(-c2nc(C3CC3)cs2)n1. The standard InChI is InChI=1S/C19H22F2N4S/c1-11(2)14-9-16(22-13-5-7-19(20,21)8-6-13)25-17(23-14)18-24-15(10-26-18)12-3-4-12/h9-10,12-13H,1,3-8H2,2H3,(H,22,23,25). The van der Waals surface area contributed by atoms with Crippen LogP contribution in [0.5, 0.6) is 0 Å². The third-order valence-electron chi connectivity index (χ3n) is 4.94. The lowest BCUT2D eigenvalue weighted by atomic mass is 9.92. The van der Waals surface area contributed by atoms with Gasteiger partial charge in [-0.2, -0.15) is 0 Å². The van der Waals surface area contributed by atoms with Gasteiger partial charge in [-0.05, 0) is 38.2 Å². The van der Waals surface area contributed by atoms with Crippen molar-refractivity contribution >= 4 is 22.7 Å². The lowest BCUT2D eigenvalue weighted by Gasteiger charge is -2.29. The Hall–Kier alpha value is -1.89. The zero-order valence-electron chi connectivity index (χ0n) is 14.8. The number of hydrogen-bond acceptors (Lipinski definition) is 5. The predicted molar refractivity (Wildman–Crippen MR) is 101 cm³/mol. The molecule has 26 heavy (non-hydrogen) atoms. The number of halogens is 2. The van der Waals surface area contributed by atoms with E-state index in [9.17, 15) is 8.78 Å². The van der Waals surface area contributed by atoms with Gasteiger partial charge in [0, 0.05) is 36.2 Å². The highest BCUT2D eigenvalue weighted by Gasteiger charge is 2.35. The fraction of sp³-hybridized carbons (Fsp3) is 0.526. The summed E-state index contributed by atoms with van der Waals surface area (Å²) in [6, 6.07) is 1.85. The van der Waals surface area contributed by atoms with E-state index in [0.717, 1.165) is 22.0 Å². The molecule has 2 heterocycles. The van der Waals surface area contributed by atoms with Crippen LogP contribution in [0.1, 0.15) is 62.8 Å². The first kappa shape index (κ1) is 17.5. The minimum atomic E-state index is -2.53. The molecule has 2 aliphatic rings. The Morgan fingerprint density at radius 2 is 1.92 bits per heavy atom. The molecule has 4 rings (SSSR count). The van der Waals surface area contributed by atoms with E-state index in [-0.39, 0.29) is 18.9 Å². The molecule has 0 unspecified atom stereocenters. The van der Waals surface area contributed by atoms with Crippen molar-refractivity contribution in [1.29, 1.82) is 0 Å². The smallest absolute Gasteiger partial charge is 0.248 e. The molecule has 0 aromatic carbocycles. The average Bonchev–Trinajstić information content (AvgIpc) is 3.33. The van der Waals surface area contributed by atoms with E-state index in [1.54, 1.807) is 11.3 Å². The van der Waals surface area contributed by atoms with Crippen molar-refractivity contribution in [1.82, 2.24) is 15.0 Å². The summed E-state index contributed by atoms with van der Waals surface area (Å²) in [7, 11) is 0. The van der Waals surface area contributed by atoms with Gasteiger partial charge < -0.3 is 5.32 Å². The van der Waals surface area contributed by atoms with Crippen LogP contribution < -0.4 is 5.32 Å². The molecule has 138 valence electrons. The molecule has 2 aromatic rings. The zero-order chi connectivity index (χ0) is 18.3. The number of nitrogens with one attached hydrogen (secondary N) is 1. The van der Waals surface area contributed by atoms with Gasteiger partial charge in [-0.1, -0.05) is 6.58 Å². The van der Waals surface area contributed by atoms with Crippen molar-refractivity contribution in [2.75, 3.05) is 5.32 Å². The van der Waals surface area contributed by atoms with Crippen LogP contribution in [0.25, 0.3) is 16.4 Å². The maximum absolute atomic E-state index is 13.4. The van der Waals surface area contributed by atoms with Crippen molar-refractivity contribution in [3.05, 3.63) is 29.4 Å². The molecule has 1 N–H and O–H groups in total. The monoisotopic (exact) mass is 376 g/mol. The normalized spacial score (nSPS) is 20.1. The first-order chi connectivity index (χ1) is 12.4. The molecular formula is C19H22F2N4S. The van der Waals surface area contributed by atoms with E-state index in [2.05, 4.69) is 32.2 Å². The molecule has 2 aliphatic carbocycles. The summed E-state index contributed by atoms with van der Waals surface area (Å²) in [5.74, 6) is -0.707. The molecule has 2 fully saturated rings. The van der Waals surface area contributed by atoms with E-state index in [1.165, 1.54) is 12.8 Å². The van der Waals surface area contributed by atoms with Gasteiger partial charge in [0.25, 0.3) is 0 Å². The highest BCUT2D eigenvalue weighted by molar-refractivity contribution is 7.13. The Kier molecular flexibility index (Phi) is 4.50. The van der Waals surface area contributed by atoms with Crippen molar-refractivity contribution in [3.63, 3.8) is 0 Å². The van der Waals surface area contributed by atoms with Gasteiger partial charge in [0.2, 0.25) is 5.92 Å². The lowest BCUT2D eigenvalue weighted by molar-refractivity contribution is -0.0361. The Bertz CT molecular complexity index is 819. The van der Waals surface area contributed by atoms with Crippen molar-refractivity contribution in [3.8, 4) is 10.8 Å². The summed E-state index contributed by atoms with van der Waals surface area (Å²) in [5, 5.41) is 6.20. The molecule has 0 bridgehead atoms. The van der Waals surface area contributed by atoms with E-state index in [0.29, 0.717) is 30.4 Å². The lowest BCUT2D eigenvalue weighted by Crippen LogP contribution is -2.32. The third kappa shape index (κ3) is 3.92. The fourth-order valence-electron chi connectivity index (χ4n) is 3.18. The van der Waals surface area contributed by atoms with Gasteiger partial charge in [-0.25, -0.2) is 23.7 Å². The number of thiazole rings is 1. The predicted octanol–water partition coefficient (Wildman–Crippen LogP) is 5.50. The van der Waals surface area contributed by atoms with Gasteiger partial charge in [0.05, 0.1) is 11.4 Å². The summed E-state index contributed by atoms with van der Waals surface area (Å²) in [5.41, 5.74) is 2.71. The second kappa shape index (κ2) is 6.68. The van der Waals surface area contributed by atoms with Crippen LogP contribution in [0.2, 0.25) is 0 Å². The largest absolute Gasteiger partial charge is 0.367 e. The van der Waals surface area contributed by atoms with Gasteiger partial charge >= 0.3 is 0 Å². The van der Waals surface area contributed by atoms with Gasteiger partial charge in [0.1, 0.15) is 5.82 Å². The number of aromatic nitrogens is 3. The van der Waals surface area contributed by atoms with Crippen LogP contribution in [-0.2, 0) is 0 Å². The van der Waals surface area contributed by atoms with Crippen LogP contribution in [0.4, 0.5) is 14.6 Å². The van der Waals surface area contributed by atoms with E-state index in [1.807, 2.05) is 13.0 Å². The summed E-state index contributed by atoms with van der Waals surface area (Å²) < 4.78 is 26.7. The molecule has 2 aromatic heterocycles. The first-order valence-corrected chi connectivity index (χ1v) is 9.93. The average molecular weight is 376 g/mol. The molecule has 0 radical (unpaired) electrons. The Labute approximate surface area is 155 Å². The summed E-state index contributed by atoms with van der Waals surface area (Å²) in [6.45, 7) is 5.87. The van der Waals surface area contributed by atoms with Crippen LogP contribution in [-0.4, -0.2) is 26.9 Å². The zero-order valence-corrected chi connectivity index (χ0v) is 15.6. The second-order valence-electron chi connectivity index (χ2n) is 7.37. The molecular weight excluding hydrogens is 354 g/mol. The maximum atomic E-state index is 13.4. The van der Waals surface area contributed by atoms with Gasteiger partial charge in [-0.3, -0.25) is 0 Å².